The highest BCUT2D eigenvalue weighted by atomic mass is 19.1. The summed E-state index contributed by atoms with van der Waals surface area (Å²) >= 11 is 0. The van der Waals surface area contributed by atoms with Gasteiger partial charge in [0.2, 0.25) is 0 Å². The monoisotopic (exact) mass is 486 g/mol. The lowest BCUT2D eigenvalue weighted by molar-refractivity contribution is -0.153. The van der Waals surface area contributed by atoms with Crippen molar-refractivity contribution in [1.29, 1.82) is 0 Å². The second kappa shape index (κ2) is 11.7. The Morgan fingerprint density at radius 1 is 1.26 bits per heavy atom. The third-order valence-electron chi connectivity index (χ3n) is 8.40. The van der Waals surface area contributed by atoms with Crippen LogP contribution in [0.15, 0.2) is 24.4 Å². The van der Waals surface area contributed by atoms with Gasteiger partial charge in [-0.3, -0.25) is 9.78 Å². The number of rotatable bonds is 10. The number of methoxy groups -OCH3 is 1. The van der Waals surface area contributed by atoms with Crippen molar-refractivity contribution in [2.45, 2.75) is 77.0 Å². The number of nitrogens with zero attached hydrogens (tertiary/aromatic N) is 2. The van der Waals surface area contributed by atoms with Crippen molar-refractivity contribution < 1.29 is 24.1 Å². The largest absolute Gasteiger partial charge is 0.497 e. The van der Waals surface area contributed by atoms with Gasteiger partial charge in [0.05, 0.1) is 24.6 Å². The van der Waals surface area contributed by atoms with Crippen molar-refractivity contribution in [2.75, 3.05) is 26.7 Å². The first-order chi connectivity index (χ1) is 17.0. The molecule has 1 atom stereocenters. The molecule has 6 nitrogen and oxygen atoms in total. The van der Waals surface area contributed by atoms with E-state index < -0.39 is 17.6 Å². The molecular formula is C28H39FN2O4. The maximum atomic E-state index is 15.8. The molecule has 1 aromatic heterocycles. The van der Waals surface area contributed by atoms with Crippen molar-refractivity contribution in [1.82, 2.24) is 9.88 Å². The molecule has 7 heteroatoms. The third kappa shape index (κ3) is 5.95. The van der Waals surface area contributed by atoms with Gasteiger partial charge in [-0.05, 0) is 75.9 Å². The number of benzene rings is 1. The molecule has 1 saturated carbocycles. The van der Waals surface area contributed by atoms with Gasteiger partial charge >= 0.3 is 5.97 Å². The van der Waals surface area contributed by atoms with Gasteiger partial charge in [-0.25, -0.2) is 4.39 Å². The molecule has 0 spiro atoms. The normalized spacial score (nSPS) is 20.1. The lowest BCUT2D eigenvalue weighted by Crippen LogP contribution is -2.45. The lowest BCUT2D eigenvalue weighted by Gasteiger charge is -2.39. The Bertz CT molecular complexity index is 995. The van der Waals surface area contributed by atoms with E-state index >= 15 is 4.39 Å². The fraction of sp³-hybridized carbons (Fsp3) is 0.643. The number of carbonyl (C=O) groups is 1. The standard InChI is InChI=1S/C28H39FN2O4/c1-35-22-7-8-25-23(17-22)26(21(19-32)18-30-25)24(29)9-11-28(27(33)34)12-15-31(16-13-28)14-10-20-5-3-2-4-6-20/h7-8,17-18,20,24,32H,2-6,9-16,19H2,1H3,(H,33,34). The molecule has 2 N–H and O–H groups in total. The summed E-state index contributed by atoms with van der Waals surface area (Å²) in [5.74, 6) is 0.586. The smallest absolute Gasteiger partial charge is 0.309 e. The molecule has 192 valence electrons. The molecule has 2 aromatic rings. The summed E-state index contributed by atoms with van der Waals surface area (Å²) in [5.41, 5.74) is 0.549. The highest BCUT2D eigenvalue weighted by molar-refractivity contribution is 5.85. The maximum absolute atomic E-state index is 15.8. The number of hydrogen-bond acceptors (Lipinski definition) is 5. The number of piperidine rings is 1. The second-order valence-electron chi connectivity index (χ2n) is 10.5. The van der Waals surface area contributed by atoms with Crippen molar-refractivity contribution in [2.24, 2.45) is 11.3 Å². The number of aliphatic carboxylic acids is 1. The average Bonchev–Trinajstić information content (AvgIpc) is 2.90. The van der Waals surface area contributed by atoms with Gasteiger partial charge < -0.3 is 19.8 Å². The van der Waals surface area contributed by atoms with Crippen LogP contribution in [0.4, 0.5) is 4.39 Å². The summed E-state index contributed by atoms with van der Waals surface area (Å²) < 4.78 is 21.1. The number of aromatic nitrogens is 1. The van der Waals surface area contributed by atoms with E-state index in [4.69, 9.17) is 4.74 Å². The zero-order chi connectivity index (χ0) is 24.8. The Morgan fingerprint density at radius 2 is 2.00 bits per heavy atom. The van der Waals surface area contributed by atoms with Crippen molar-refractivity contribution in [3.63, 3.8) is 0 Å². The minimum atomic E-state index is -1.39. The van der Waals surface area contributed by atoms with Gasteiger partial charge in [-0.1, -0.05) is 32.1 Å². The number of pyridine rings is 1. The summed E-state index contributed by atoms with van der Waals surface area (Å²) in [6, 6.07) is 5.28. The van der Waals surface area contributed by atoms with Gasteiger partial charge in [0.15, 0.2) is 0 Å². The molecule has 1 aliphatic carbocycles. The summed E-state index contributed by atoms with van der Waals surface area (Å²) in [4.78, 5) is 19.1. The molecule has 2 fully saturated rings. The molecular weight excluding hydrogens is 447 g/mol. The van der Waals surface area contributed by atoms with Gasteiger partial charge in [0.25, 0.3) is 0 Å². The number of carboxylic acids is 1. The molecule has 0 amide bonds. The highest BCUT2D eigenvalue weighted by Gasteiger charge is 2.42. The van der Waals surface area contributed by atoms with E-state index in [1.165, 1.54) is 44.7 Å². The van der Waals surface area contributed by atoms with Crippen LogP contribution in [-0.4, -0.2) is 52.8 Å². The van der Waals surface area contributed by atoms with E-state index in [1.54, 1.807) is 25.3 Å². The summed E-state index contributed by atoms with van der Waals surface area (Å²) in [6.45, 7) is 2.23. The van der Waals surface area contributed by atoms with Crippen molar-refractivity contribution >= 4 is 16.9 Å². The van der Waals surface area contributed by atoms with Gasteiger partial charge in [-0.15, -0.1) is 0 Å². The quantitative estimate of drug-likeness (QED) is 0.451. The van der Waals surface area contributed by atoms with Gasteiger partial charge in [-0.2, -0.15) is 0 Å². The Hall–Kier alpha value is -2.25. The van der Waals surface area contributed by atoms with Gasteiger partial charge in [0, 0.05) is 22.7 Å². The highest BCUT2D eigenvalue weighted by Crippen LogP contribution is 2.42. The first kappa shape index (κ1) is 25.8. The Morgan fingerprint density at radius 3 is 2.66 bits per heavy atom. The molecule has 2 aliphatic rings. The molecule has 1 aromatic carbocycles. The van der Waals surface area contributed by atoms with Crippen LogP contribution in [-0.2, 0) is 11.4 Å². The maximum Gasteiger partial charge on any atom is 0.309 e. The van der Waals surface area contributed by atoms with E-state index in [1.807, 2.05) is 0 Å². The number of ether oxygens (including phenoxy) is 1. The predicted molar refractivity (Wildman–Crippen MR) is 134 cm³/mol. The molecule has 1 aliphatic heterocycles. The van der Waals surface area contributed by atoms with Crippen LogP contribution in [0.5, 0.6) is 5.75 Å². The average molecular weight is 487 g/mol. The first-order valence-corrected chi connectivity index (χ1v) is 13.1. The van der Waals surface area contributed by atoms with E-state index in [-0.39, 0.29) is 19.4 Å². The fourth-order valence-corrected chi connectivity index (χ4v) is 6.02. The number of aliphatic hydroxyl groups is 1. The van der Waals surface area contributed by atoms with Crippen LogP contribution in [0.25, 0.3) is 10.9 Å². The summed E-state index contributed by atoms with van der Waals surface area (Å²) in [5, 5.41) is 20.6. The number of hydrogen-bond donors (Lipinski definition) is 2. The number of aliphatic hydroxyl groups excluding tert-OH is 1. The van der Waals surface area contributed by atoms with E-state index in [0.717, 1.165) is 25.6 Å². The number of alkyl halides is 1. The SMILES string of the molecule is COc1ccc2ncc(CO)c(C(F)CCC3(C(=O)O)CCN(CCC4CCCCC4)CC3)c2c1. The van der Waals surface area contributed by atoms with E-state index in [9.17, 15) is 15.0 Å². The van der Waals surface area contributed by atoms with Gasteiger partial charge in [0.1, 0.15) is 11.9 Å². The van der Waals surface area contributed by atoms with Crippen LogP contribution in [0.1, 0.15) is 81.5 Å². The molecule has 0 bridgehead atoms. The van der Waals surface area contributed by atoms with E-state index in [0.29, 0.717) is 40.6 Å². The van der Waals surface area contributed by atoms with Crippen LogP contribution in [0, 0.1) is 11.3 Å². The third-order valence-corrected chi connectivity index (χ3v) is 8.40. The Kier molecular flexibility index (Phi) is 8.60. The van der Waals surface area contributed by atoms with Crippen molar-refractivity contribution in [3.8, 4) is 5.75 Å². The lowest BCUT2D eigenvalue weighted by atomic mass is 9.74. The molecule has 1 unspecified atom stereocenters. The molecule has 35 heavy (non-hydrogen) atoms. The Labute approximate surface area is 207 Å². The van der Waals surface area contributed by atoms with Crippen LogP contribution < -0.4 is 4.74 Å². The zero-order valence-corrected chi connectivity index (χ0v) is 20.8. The van der Waals surface area contributed by atoms with E-state index in [2.05, 4.69) is 9.88 Å². The number of likely N-dealkylation sites (tertiary alicyclic amines) is 1. The number of fused-ring (bicyclic) bond motifs is 1. The topological polar surface area (TPSA) is 82.9 Å². The van der Waals surface area contributed by atoms with Crippen LogP contribution >= 0.6 is 0 Å². The number of carboxylic acid groups (broad SMARTS) is 1. The second-order valence-corrected chi connectivity index (χ2v) is 10.5. The molecule has 0 radical (unpaired) electrons. The van der Waals surface area contributed by atoms with Crippen molar-refractivity contribution in [3.05, 3.63) is 35.5 Å². The zero-order valence-electron chi connectivity index (χ0n) is 20.8. The minimum absolute atomic E-state index is 0.0949. The molecule has 2 heterocycles. The van der Waals surface area contributed by atoms with Crippen LogP contribution in [0.2, 0.25) is 0 Å². The predicted octanol–water partition coefficient (Wildman–Crippen LogP) is 5.66. The first-order valence-electron chi connectivity index (χ1n) is 13.1. The summed E-state index contributed by atoms with van der Waals surface area (Å²) in [7, 11) is 1.55. The Balaban J connectivity index is 1.42. The molecule has 1 saturated heterocycles. The number of halogens is 1. The molecule has 4 rings (SSSR count). The fourth-order valence-electron chi connectivity index (χ4n) is 6.02. The van der Waals surface area contributed by atoms with Crippen LogP contribution in [0.3, 0.4) is 0 Å². The summed E-state index contributed by atoms with van der Waals surface area (Å²) in [6.07, 6.45) is 9.50. The minimum Gasteiger partial charge on any atom is -0.497 e.